The van der Waals surface area contributed by atoms with Crippen molar-refractivity contribution in [3.8, 4) is 0 Å². The van der Waals surface area contributed by atoms with Gasteiger partial charge < -0.3 is 0 Å². The average Bonchev–Trinajstić information content (AvgIpc) is 2.79. The van der Waals surface area contributed by atoms with E-state index in [-0.39, 0.29) is 9.80 Å². The van der Waals surface area contributed by atoms with Crippen molar-refractivity contribution in [2.24, 2.45) is 0 Å². The number of imide groups is 4. The summed E-state index contributed by atoms with van der Waals surface area (Å²) >= 11 is 0. The smallest absolute Gasteiger partial charge is 0.291 e. The lowest BCUT2D eigenvalue weighted by Gasteiger charge is -2.27. The molecule has 23 heavy (non-hydrogen) atoms. The van der Waals surface area contributed by atoms with Crippen molar-refractivity contribution >= 4 is 35.3 Å². The first-order valence-corrected chi connectivity index (χ1v) is 6.10. The molecule has 5 amide bonds. The number of ketones is 2. The number of hydrogen-bond donors (Lipinski definition) is 0. The Hall–Kier alpha value is -3.42. The van der Waals surface area contributed by atoms with E-state index in [9.17, 15) is 28.8 Å². The molecule has 1 saturated heterocycles. The molecular weight excluding hydrogens is 304 g/mol. The number of hydrogen-bond acceptors (Lipinski definition) is 6. The molecule has 0 radical (unpaired) electrons. The molecule has 1 aliphatic rings. The summed E-state index contributed by atoms with van der Waals surface area (Å²) < 4.78 is 0. The Labute approximate surface area is 131 Å². The van der Waals surface area contributed by atoms with Crippen LogP contribution in [0.15, 0.2) is 50.6 Å². The number of carbonyl (C=O) groups excluding carboxylic acids is 6. The van der Waals surface area contributed by atoms with Crippen molar-refractivity contribution in [3.05, 3.63) is 50.6 Å². The third-order valence-corrected chi connectivity index (χ3v) is 3.10. The Morgan fingerprint density at radius 3 is 1.57 bits per heavy atom. The van der Waals surface area contributed by atoms with Gasteiger partial charge in [0.15, 0.2) is 11.6 Å². The maximum absolute atomic E-state index is 12.5. The van der Waals surface area contributed by atoms with Crippen LogP contribution in [-0.2, 0) is 24.0 Å². The minimum atomic E-state index is -2.90. The standard InChI is InChI=1S/C15H12N2O6/c1-5-9(18)15(10(19)6-2)13(22)16(11(20)7-3)14(23)17(15)12(21)8-4/h5-8H,1-4H2. The van der Waals surface area contributed by atoms with Crippen molar-refractivity contribution in [3.63, 3.8) is 0 Å². The van der Waals surface area contributed by atoms with Crippen LogP contribution in [0.5, 0.6) is 0 Å². The Balaban J connectivity index is 3.86. The van der Waals surface area contributed by atoms with Gasteiger partial charge in [0.05, 0.1) is 0 Å². The fraction of sp³-hybridized carbons (Fsp3) is 0.0667. The number of nitrogens with zero attached hydrogens (tertiary/aromatic N) is 2. The molecule has 0 aromatic carbocycles. The van der Waals surface area contributed by atoms with Gasteiger partial charge in [0.25, 0.3) is 23.3 Å². The van der Waals surface area contributed by atoms with Gasteiger partial charge in [0.2, 0.25) is 0 Å². The highest BCUT2D eigenvalue weighted by Gasteiger charge is 2.68. The maximum Gasteiger partial charge on any atom is 0.342 e. The molecule has 0 aromatic heterocycles. The van der Waals surface area contributed by atoms with Crippen LogP contribution < -0.4 is 0 Å². The number of amides is 5. The summed E-state index contributed by atoms with van der Waals surface area (Å²) in [6.45, 7) is 12.5. The molecule has 0 aromatic rings. The molecule has 1 rings (SSSR count). The normalized spacial score (nSPS) is 15.8. The summed E-state index contributed by atoms with van der Waals surface area (Å²) in [5, 5.41) is 0. The van der Waals surface area contributed by atoms with Crippen molar-refractivity contribution < 1.29 is 28.8 Å². The first kappa shape index (κ1) is 17.6. The first-order valence-electron chi connectivity index (χ1n) is 6.10. The zero-order valence-corrected chi connectivity index (χ0v) is 12.0. The molecule has 0 unspecified atom stereocenters. The first-order chi connectivity index (χ1) is 10.7. The minimum Gasteiger partial charge on any atom is -0.291 e. The molecule has 1 heterocycles. The van der Waals surface area contributed by atoms with Crippen LogP contribution >= 0.6 is 0 Å². The minimum absolute atomic E-state index is 0.0167. The van der Waals surface area contributed by atoms with E-state index < -0.39 is 40.9 Å². The molecule has 0 atom stereocenters. The zero-order chi connectivity index (χ0) is 17.9. The van der Waals surface area contributed by atoms with Crippen LogP contribution in [0.1, 0.15) is 0 Å². The topological polar surface area (TPSA) is 109 Å². The lowest BCUT2D eigenvalue weighted by Crippen LogP contribution is -2.62. The van der Waals surface area contributed by atoms with E-state index in [1.54, 1.807) is 0 Å². The quantitative estimate of drug-likeness (QED) is 0.385. The van der Waals surface area contributed by atoms with Gasteiger partial charge in [0.1, 0.15) is 0 Å². The van der Waals surface area contributed by atoms with Crippen molar-refractivity contribution in [1.29, 1.82) is 0 Å². The lowest BCUT2D eigenvalue weighted by atomic mass is 9.86. The molecule has 1 fully saturated rings. The van der Waals surface area contributed by atoms with E-state index in [2.05, 4.69) is 26.3 Å². The molecule has 118 valence electrons. The molecule has 1 aliphatic heterocycles. The van der Waals surface area contributed by atoms with Gasteiger partial charge in [-0.1, -0.05) is 26.3 Å². The van der Waals surface area contributed by atoms with E-state index in [0.29, 0.717) is 24.3 Å². The molecule has 0 bridgehead atoms. The molecule has 0 N–H and O–H groups in total. The molecule has 0 spiro atoms. The van der Waals surface area contributed by atoms with Crippen molar-refractivity contribution in [1.82, 2.24) is 9.80 Å². The molecule has 0 saturated carbocycles. The SMILES string of the molecule is C=CC(=O)N1C(=O)N(C(=O)C=C)C(C(=O)C=C)(C(=O)C=C)C1=O. The highest BCUT2D eigenvalue weighted by atomic mass is 16.2. The Morgan fingerprint density at radius 1 is 0.783 bits per heavy atom. The van der Waals surface area contributed by atoms with E-state index in [1.165, 1.54) is 0 Å². The summed E-state index contributed by atoms with van der Waals surface area (Å²) in [6.07, 6.45) is 2.43. The number of rotatable bonds is 6. The second-order valence-corrected chi connectivity index (χ2v) is 4.19. The third-order valence-electron chi connectivity index (χ3n) is 3.10. The van der Waals surface area contributed by atoms with Crippen molar-refractivity contribution in [2.75, 3.05) is 0 Å². The number of carbonyl (C=O) groups is 6. The monoisotopic (exact) mass is 316 g/mol. The van der Waals surface area contributed by atoms with Gasteiger partial charge in [-0.3, -0.25) is 24.0 Å². The Kier molecular flexibility index (Phi) is 4.71. The van der Waals surface area contributed by atoms with Crippen LogP contribution in [0.2, 0.25) is 0 Å². The summed E-state index contributed by atoms with van der Waals surface area (Å²) in [4.78, 5) is 73.1. The van der Waals surface area contributed by atoms with Gasteiger partial charge in [-0.05, 0) is 24.3 Å². The molecular formula is C15H12N2O6. The van der Waals surface area contributed by atoms with E-state index in [4.69, 9.17) is 0 Å². The lowest BCUT2D eigenvalue weighted by molar-refractivity contribution is -0.151. The Bertz CT molecular complexity index is 683. The van der Waals surface area contributed by atoms with Crippen LogP contribution in [-0.4, -0.2) is 50.7 Å². The van der Waals surface area contributed by atoms with Gasteiger partial charge in [0, 0.05) is 0 Å². The molecule has 8 nitrogen and oxygen atoms in total. The summed E-state index contributed by atoms with van der Waals surface area (Å²) in [5.41, 5.74) is -2.90. The third kappa shape index (κ3) is 2.16. The zero-order valence-electron chi connectivity index (χ0n) is 12.0. The fourth-order valence-corrected chi connectivity index (χ4v) is 2.07. The van der Waals surface area contributed by atoms with Crippen LogP contribution in [0, 0.1) is 0 Å². The molecule has 0 aliphatic carbocycles. The Morgan fingerprint density at radius 2 is 1.22 bits per heavy atom. The van der Waals surface area contributed by atoms with Crippen molar-refractivity contribution in [2.45, 2.75) is 5.54 Å². The second-order valence-electron chi connectivity index (χ2n) is 4.19. The second kappa shape index (κ2) is 6.14. The fourth-order valence-electron chi connectivity index (χ4n) is 2.07. The van der Waals surface area contributed by atoms with E-state index >= 15 is 0 Å². The van der Waals surface area contributed by atoms with E-state index in [1.807, 2.05) is 0 Å². The molecule has 8 heteroatoms. The largest absolute Gasteiger partial charge is 0.342 e. The highest BCUT2D eigenvalue weighted by molar-refractivity contribution is 6.44. The van der Waals surface area contributed by atoms with Crippen LogP contribution in [0.3, 0.4) is 0 Å². The average molecular weight is 316 g/mol. The number of urea groups is 1. The van der Waals surface area contributed by atoms with Crippen LogP contribution in [0.4, 0.5) is 4.79 Å². The van der Waals surface area contributed by atoms with E-state index in [0.717, 1.165) is 0 Å². The van der Waals surface area contributed by atoms with Gasteiger partial charge in [-0.2, -0.15) is 4.90 Å². The maximum atomic E-state index is 12.5. The van der Waals surface area contributed by atoms with Gasteiger partial charge >= 0.3 is 6.03 Å². The summed E-state index contributed by atoms with van der Waals surface area (Å²) in [7, 11) is 0. The predicted molar refractivity (Wildman–Crippen MR) is 77.6 cm³/mol. The summed E-state index contributed by atoms with van der Waals surface area (Å²) in [6, 6.07) is -1.46. The van der Waals surface area contributed by atoms with Crippen LogP contribution in [0.25, 0.3) is 0 Å². The highest BCUT2D eigenvalue weighted by Crippen LogP contribution is 2.32. The van der Waals surface area contributed by atoms with Gasteiger partial charge in [-0.25, -0.2) is 9.69 Å². The summed E-state index contributed by atoms with van der Waals surface area (Å²) in [5.74, 6) is -6.42. The van der Waals surface area contributed by atoms with Gasteiger partial charge in [-0.15, -0.1) is 0 Å². The predicted octanol–water partition coefficient (Wildman–Crippen LogP) is -0.0752.